The minimum absolute atomic E-state index is 0.0144. The molecule has 8 aromatic carbocycles. The summed E-state index contributed by atoms with van der Waals surface area (Å²) in [6.07, 6.45) is 4.83. The lowest BCUT2D eigenvalue weighted by Crippen LogP contribution is -2.70. The number of nitrogens with zero attached hydrogens (tertiary/aromatic N) is 3. The number of anilines is 7. The van der Waals surface area contributed by atoms with Gasteiger partial charge in [-0.3, -0.25) is 0 Å². The third-order valence-electron chi connectivity index (χ3n) is 17.5. The molecule has 0 saturated heterocycles. The molecule has 0 bridgehead atoms. The Morgan fingerprint density at radius 3 is 1.90 bits per heavy atom. The van der Waals surface area contributed by atoms with E-state index in [4.69, 9.17) is 0 Å². The highest BCUT2D eigenvalue weighted by atomic mass is 32.1. The lowest BCUT2D eigenvalue weighted by Gasteiger charge is -2.55. The molecule has 4 aliphatic rings. The van der Waals surface area contributed by atoms with E-state index in [9.17, 15) is 0 Å². The van der Waals surface area contributed by atoms with Crippen LogP contribution < -0.4 is 25.5 Å². The summed E-state index contributed by atoms with van der Waals surface area (Å²) in [5.74, 6) is 0. The van der Waals surface area contributed by atoms with E-state index < -0.39 is 0 Å². The van der Waals surface area contributed by atoms with E-state index in [-0.39, 0.29) is 28.6 Å². The van der Waals surface area contributed by atoms with Crippen molar-refractivity contribution in [2.45, 2.75) is 117 Å². The Kier molecular flexibility index (Phi) is 9.67. The minimum atomic E-state index is -0.111. The van der Waals surface area contributed by atoms with Gasteiger partial charge in [-0.15, -0.1) is 11.3 Å². The molecule has 0 spiro atoms. The van der Waals surface area contributed by atoms with Crippen molar-refractivity contribution in [3.8, 4) is 22.3 Å². The molecule has 1 aromatic heterocycles. The SMILES string of the molecule is Cc1ccccc1N(c1cc2c3c(c1)N(c1ccc(C(C)(C)C)cc1-c1ccccc1)c1cc4sc5ccccc5c4cc1B3N1c3c-2cc(C(C)(C)C)cc3C2(C)CCCCC12C)c1ccccc1C. The summed E-state index contributed by atoms with van der Waals surface area (Å²) in [5, 5.41) is 2.70. The van der Waals surface area contributed by atoms with E-state index in [0.29, 0.717) is 0 Å². The van der Waals surface area contributed by atoms with Gasteiger partial charge in [0.25, 0.3) is 0 Å². The Morgan fingerprint density at radius 1 is 0.549 bits per heavy atom. The molecule has 5 heteroatoms. The molecule has 71 heavy (non-hydrogen) atoms. The second-order valence-electron chi connectivity index (χ2n) is 23.8. The third kappa shape index (κ3) is 6.40. The molecule has 352 valence electrons. The molecule has 1 aliphatic carbocycles. The average Bonchev–Trinajstić information content (AvgIpc) is 3.82. The highest BCUT2D eigenvalue weighted by molar-refractivity contribution is 7.26. The Hall–Kier alpha value is -6.56. The van der Waals surface area contributed by atoms with E-state index in [1.165, 1.54) is 135 Å². The van der Waals surface area contributed by atoms with Crippen LogP contribution in [0.25, 0.3) is 42.4 Å². The van der Waals surface area contributed by atoms with Crippen LogP contribution in [0, 0.1) is 13.8 Å². The van der Waals surface area contributed by atoms with Gasteiger partial charge in [0.15, 0.2) is 0 Å². The zero-order valence-electron chi connectivity index (χ0n) is 43.2. The van der Waals surface area contributed by atoms with Crippen molar-refractivity contribution < 1.29 is 0 Å². The number of thiophene rings is 1. The van der Waals surface area contributed by atoms with Gasteiger partial charge < -0.3 is 14.6 Å². The summed E-state index contributed by atoms with van der Waals surface area (Å²) in [4.78, 5) is 8.27. The van der Waals surface area contributed by atoms with Gasteiger partial charge in [0, 0.05) is 76.4 Å². The van der Waals surface area contributed by atoms with Gasteiger partial charge in [-0.25, -0.2) is 0 Å². The van der Waals surface area contributed by atoms with Crippen molar-refractivity contribution in [1.82, 2.24) is 0 Å². The molecule has 0 amide bonds. The molecule has 0 N–H and O–H groups in total. The number of benzene rings is 8. The summed E-state index contributed by atoms with van der Waals surface area (Å²) >= 11 is 1.93. The summed E-state index contributed by atoms with van der Waals surface area (Å²) in [6.45, 7) is 24.1. The highest BCUT2D eigenvalue weighted by Crippen LogP contribution is 2.64. The summed E-state index contributed by atoms with van der Waals surface area (Å²) in [6, 6.07) is 61.1. The number of para-hydroxylation sites is 2. The lowest BCUT2D eigenvalue weighted by molar-refractivity contribution is 0.199. The zero-order valence-corrected chi connectivity index (χ0v) is 44.0. The van der Waals surface area contributed by atoms with E-state index >= 15 is 0 Å². The maximum Gasteiger partial charge on any atom is 0.328 e. The number of aryl methyl sites for hydroxylation is 2. The standard InChI is InChI=1S/C66H64BN3S/c1-41-22-14-17-27-54(41)68(55-28-18-15-23-42(55)2)46-37-50-51-35-45(64(6,7)8)36-52-62(51)70(66(10)33-21-20-32-65(52,66)9)67-53-39-49-47-26-16-19-29-59(47)71-60(49)40-57(53)69(58(38-46)61(50)67)56-31-30-44(63(3,4)5)34-48(56)43-24-12-11-13-25-43/h11-19,22-31,34-40H,20-21,32-33H2,1-10H3. The molecule has 2 atom stereocenters. The highest BCUT2D eigenvalue weighted by Gasteiger charge is 2.63. The molecule has 0 radical (unpaired) electrons. The van der Waals surface area contributed by atoms with Crippen molar-refractivity contribution in [3.63, 3.8) is 0 Å². The summed E-state index contributed by atoms with van der Waals surface area (Å²) < 4.78 is 2.66. The largest absolute Gasteiger partial charge is 0.400 e. The van der Waals surface area contributed by atoms with E-state index in [1.807, 2.05) is 11.3 Å². The van der Waals surface area contributed by atoms with Gasteiger partial charge in [0.1, 0.15) is 0 Å². The number of hydrogen-bond acceptors (Lipinski definition) is 4. The van der Waals surface area contributed by atoms with Crippen LogP contribution in [0.15, 0.2) is 158 Å². The second kappa shape index (κ2) is 15.5. The van der Waals surface area contributed by atoms with Crippen LogP contribution in [0.4, 0.5) is 39.8 Å². The molecular formula is C66H64BN3S. The summed E-state index contributed by atoms with van der Waals surface area (Å²) in [5.41, 5.74) is 23.3. The molecular weight excluding hydrogens is 878 g/mol. The normalized spacial score (nSPS) is 18.9. The first kappa shape index (κ1) is 44.4. The van der Waals surface area contributed by atoms with Crippen molar-refractivity contribution in [3.05, 3.63) is 186 Å². The van der Waals surface area contributed by atoms with Crippen LogP contribution in [0.5, 0.6) is 0 Å². The maximum atomic E-state index is 3.01. The first-order chi connectivity index (χ1) is 34.0. The molecule has 9 aromatic rings. The van der Waals surface area contributed by atoms with Crippen LogP contribution in [0.3, 0.4) is 0 Å². The van der Waals surface area contributed by atoms with E-state index in [2.05, 4.69) is 242 Å². The predicted molar refractivity (Wildman–Crippen MR) is 308 cm³/mol. The van der Waals surface area contributed by atoms with E-state index in [1.54, 1.807) is 5.56 Å². The zero-order chi connectivity index (χ0) is 48.9. The van der Waals surface area contributed by atoms with Gasteiger partial charge in [0.2, 0.25) is 0 Å². The van der Waals surface area contributed by atoms with Crippen molar-refractivity contribution in [2.75, 3.05) is 14.6 Å². The van der Waals surface area contributed by atoms with Crippen LogP contribution in [-0.2, 0) is 16.2 Å². The van der Waals surface area contributed by atoms with Crippen LogP contribution >= 0.6 is 11.3 Å². The number of hydrogen-bond donors (Lipinski definition) is 0. The van der Waals surface area contributed by atoms with Gasteiger partial charge in [0.05, 0.1) is 5.69 Å². The van der Waals surface area contributed by atoms with E-state index in [0.717, 1.165) is 6.42 Å². The average molecular weight is 942 g/mol. The Morgan fingerprint density at radius 2 is 1.20 bits per heavy atom. The first-order valence-electron chi connectivity index (χ1n) is 26.1. The quantitative estimate of drug-likeness (QED) is 0.159. The number of rotatable bonds is 5. The van der Waals surface area contributed by atoms with Crippen molar-refractivity contribution in [1.29, 1.82) is 0 Å². The Bertz CT molecular complexity index is 3620. The fourth-order valence-corrected chi connectivity index (χ4v) is 14.6. The minimum Gasteiger partial charge on any atom is -0.400 e. The van der Waals surface area contributed by atoms with Crippen molar-refractivity contribution in [2.24, 2.45) is 0 Å². The second-order valence-corrected chi connectivity index (χ2v) is 24.9. The van der Waals surface area contributed by atoms with Gasteiger partial charge >= 0.3 is 6.85 Å². The number of fused-ring (bicyclic) bond motifs is 10. The lowest BCUT2D eigenvalue weighted by atomic mass is 9.42. The monoisotopic (exact) mass is 941 g/mol. The molecule has 13 rings (SSSR count). The molecule has 1 saturated carbocycles. The topological polar surface area (TPSA) is 9.72 Å². The van der Waals surface area contributed by atoms with Crippen LogP contribution in [-0.4, -0.2) is 12.4 Å². The first-order valence-corrected chi connectivity index (χ1v) is 26.9. The third-order valence-corrected chi connectivity index (χ3v) is 18.7. The smallest absolute Gasteiger partial charge is 0.328 e. The van der Waals surface area contributed by atoms with Gasteiger partial charge in [-0.05, 0) is 149 Å². The van der Waals surface area contributed by atoms with Gasteiger partial charge in [-0.1, -0.05) is 164 Å². The summed E-state index contributed by atoms with van der Waals surface area (Å²) in [7, 11) is 0. The van der Waals surface area contributed by atoms with Gasteiger partial charge in [-0.2, -0.15) is 0 Å². The maximum absolute atomic E-state index is 3.01. The molecule has 4 heterocycles. The van der Waals surface area contributed by atoms with Crippen LogP contribution in [0.1, 0.15) is 109 Å². The van der Waals surface area contributed by atoms with Crippen LogP contribution in [0.2, 0.25) is 0 Å². The van der Waals surface area contributed by atoms with Crippen molar-refractivity contribution >= 4 is 89.1 Å². The molecule has 1 fully saturated rings. The molecule has 3 aliphatic heterocycles. The fourth-order valence-electron chi connectivity index (χ4n) is 13.5. The Labute approximate surface area is 425 Å². The Balaban J connectivity index is 1.23. The molecule has 2 unspecified atom stereocenters. The molecule has 3 nitrogen and oxygen atoms in total. The fraction of sp³-hybridized carbons (Fsp3) is 0.273. The predicted octanol–water partition coefficient (Wildman–Crippen LogP) is 17.4.